The Morgan fingerprint density at radius 2 is 1.82 bits per heavy atom. The van der Waals surface area contributed by atoms with Crippen molar-refractivity contribution in [3.8, 4) is 5.75 Å². The SMILES string of the molecule is Cc1ccc(C)c(S(=O)(=O)Oc2ccc(C(=O)NCCCn3nc4ccccn4c3=O)cc2)c1. The van der Waals surface area contributed by atoms with Gasteiger partial charge in [-0.15, -0.1) is 5.10 Å². The topological polar surface area (TPSA) is 112 Å². The summed E-state index contributed by atoms with van der Waals surface area (Å²) in [4.78, 5) is 24.8. The Balaban J connectivity index is 1.32. The predicted octanol–water partition coefficient (Wildman–Crippen LogP) is 2.70. The monoisotopic (exact) mass is 480 g/mol. The fourth-order valence-electron chi connectivity index (χ4n) is 3.46. The number of nitrogens with one attached hydrogen (secondary N) is 1. The standard InChI is InChI=1S/C24H24N4O5S/c1-17-7-8-18(2)21(16-17)34(31,32)33-20-11-9-19(10-12-20)23(29)25-13-5-15-28-24(30)27-14-4-3-6-22(27)26-28/h3-4,6-12,14,16H,5,13,15H2,1-2H3,(H,25,29). The van der Waals surface area contributed by atoms with Crippen LogP contribution in [-0.4, -0.2) is 35.1 Å². The van der Waals surface area contributed by atoms with E-state index in [1.54, 1.807) is 37.4 Å². The summed E-state index contributed by atoms with van der Waals surface area (Å²) in [6.07, 6.45) is 2.18. The van der Waals surface area contributed by atoms with Crippen LogP contribution in [0.25, 0.3) is 5.65 Å². The van der Waals surface area contributed by atoms with Crippen molar-refractivity contribution >= 4 is 21.7 Å². The van der Waals surface area contributed by atoms with Gasteiger partial charge in [0.2, 0.25) is 0 Å². The number of benzene rings is 2. The van der Waals surface area contributed by atoms with Crippen molar-refractivity contribution in [1.29, 1.82) is 0 Å². The van der Waals surface area contributed by atoms with Crippen LogP contribution in [0.4, 0.5) is 0 Å². The quantitative estimate of drug-likeness (QED) is 0.307. The minimum atomic E-state index is -3.99. The van der Waals surface area contributed by atoms with E-state index in [-0.39, 0.29) is 22.2 Å². The first-order valence-electron chi connectivity index (χ1n) is 10.7. The molecule has 34 heavy (non-hydrogen) atoms. The van der Waals surface area contributed by atoms with Crippen molar-refractivity contribution in [2.45, 2.75) is 31.7 Å². The molecule has 0 saturated heterocycles. The molecule has 2 aromatic carbocycles. The molecule has 0 radical (unpaired) electrons. The highest BCUT2D eigenvalue weighted by molar-refractivity contribution is 7.87. The molecule has 0 saturated carbocycles. The Bertz CT molecular complexity index is 1500. The van der Waals surface area contributed by atoms with E-state index in [2.05, 4.69) is 10.4 Å². The number of hydrogen-bond acceptors (Lipinski definition) is 6. The Morgan fingerprint density at radius 3 is 2.56 bits per heavy atom. The molecular formula is C24H24N4O5S. The van der Waals surface area contributed by atoms with Crippen molar-refractivity contribution in [2.75, 3.05) is 6.54 Å². The predicted molar refractivity (Wildman–Crippen MR) is 127 cm³/mol. The third-order valence-electron chi connectivity index (χ3n) is 5.26. The van der Waals surface area contributed by atoms with Crippen molar-refractivity contribution < 1.29 is 17.4 Å². The normalized spacial score (nSPS) is 11.5. The van der Waals surface area contributed by atoms with Crippen molar-refractivity contribution in [3.63, 3.8) is 0 Å². The summed E-state index contributed by atoms with van der Waals surface area (Å²) in [5.41, 5.74) is 2.10. The van der Waals surface area contributed by atoms with Crippen LogP contribution in [-0.2, 0) is 16.7 Å². The number of aromatic nitrogens is 3. The molecule has 0 aliphatic carbocycles. The van der Waals surface area contributed by atoms with E-state index >= 15 is 0 Å². The average molecular weight is 481 g/mol. The Kier molecular flexibility index (Phi) is 6.51. The number of pyridine rings is 1. The smallest absolute Gasteiger partial charge is 0.350 e. The van der Waals surface area contributed by atoms with Gasteiger partial charge in [0.1, 0.15) is 10.6 Å². The third-order valence-corrected chi connectivity index (χ3v) is 6.65. The zero-order valence-electron chi connectivity index (χ0n) is 18.8. The van der Waals surface area contributed by atoms with Crippen LogP contribution in [0.5, 0.6) is 5.75 Å². The summed E-state index contributed by atoms with van der Waals surface area (Å²) in [5, 5.41) is 7.03. The molecule has 1 N–H and O–H groups in total. The number of amides is 1. The third kappa shape index (κ3) is 5.01. The lowest BCUT2D eigenvalue weighted by atomic mass is 10.2. The Hall–Kier alpha value is -3.92. The van der Waals surface area contributed by atoms with Gasteiger partial charge in [-0.2, -0.15) is 8.42 Å². The van der Waals surface area contributed by atoms with Gasteiger partial charge in [-0.3, -0.25) is 9.20 Å². The van der Waals surface area contributed by atoms with E-state index in [1.807, 2.05) is 19.1 Å². The van der Waals surface area contributed by atoms with Gasteiger partial charge in [0.25, 0.3) is 5.91 Å². The first-order chi connectivity index (χ1) is 16.2. The van der Waals surface area contributed by atoms with E-state index in [1.165, 1.54) is 33.3 Å². The van der Waals surface area contributed by atoms with Crippen LogP contribution in [0.2, 0.25) is 0 Å². The molecule has 1 amide bonds. The number of rotatable bonds is 8. The van der Waals surface area contributed by atoms with E-state index in [4.69, 9.17) is 4.18 Å². The second kappa shape index (κ2) is 9.52. The van der Waals surface area contributed by atoms with Gasteiger partial charge < -0.3 is 9.50 Å². The molecule has 176 valence electrons. The second-order valence-corrected chi connectivity index (χ2v) is 9.39. The number of carbonyl (C=O) groups is 1. The molecule has 0 aliphatic heterocycles. The van der Waals surface area contributed by atoms with E-state index in [0.717, 1.165) is 5.56 Å². The molecule has 2 heterocycles. The molecule has 0 unspecified atom stereocenters. The number of hydrogen-bond donors (Lipinski definition) is 1. The summed E-state index contributed by atoms with van der Waals surface area (Å²) < 4.78 is 33.3. The molecule has 0 atom stereocenters. The second-order valence-electron chi connectivity index (χ2n) is 7.87. The first-order valence-corrected chi connectivity index (χ1v) is 12.1. The van der Waals surface area contributed by atoms with E-state index in [0.29, 0.717) is 36.3 Å². The number of aryl methyl sites for hydroxylation is 3. The maximum absolute atomic E-state index is 12.6. The van der Waals surface area contributed by atoms with Gasteiger partial charge in [0.05, 0.1) is 0 Å². The van der Waals surface area contributed by atoms with Crippen LogP contribution < -0.4 is 15.2 Å². The largest absolute Gasteiger partial charge is 0.379 e. The number of fused-ring (bicyclic) bond motifs is 1. The highest BCUT2D eigenvalue weighted by atomic mass is 32.2. The van der Waals surface area contributed by atoms with Gasteiger partial charge in [-0.25, -0.2) is 9.48 Å². The maximum atomic E-state index is 12.6. The van der Waals surface area contributed by atoms with Gasteiger partial charge in [-0.05, 0) is 73.9 Å². The van der Waals surface area contributed by atoms with Crippen LogP contribution in [0.15, 0.2) is 76.6 Å². The molecule has 0 bridgehead atoms. The van der Waals surface area contributed by atoms with Crippen LogP contribution in [0.3, 0.4) is 0 Å². The molecule has 2 aromatic heterocycles. The fourth-order valence-corrected chi connectivity index (χ4v) is 4.70. The van der Waals surface area contributed by atoms with Crippen molar-refractivity contribution in [1.82, 2.24) is 19.5 Å². The molecule has 0 spiro atoms. The molecule has 0 aliphatic rings. The van der Waals surface area contributed by atoms with Crippen LogP contribution in [0, 0.1) is 13.8 Å². The van der Waals surface area contributed by atoms with Crippen molar-refractivity contribution in [2.24, 2.45) is 0 Å². The lowest BCUT2D eigenvalue weighted by Crippen LogP contribution is -2.27. The first kappa shape index (κ1) is 23.2. The molecular weight excluding hydrogens is 456 g/mol. The summed E-state index contributed by atoms with van der Waals surface area (Å²) >= 11 is 0. The summed E-state index contributed by atoms with van der Waals surface area (Å²) in [6, 6.07) is 16.3. The highest BCUT2D eigenvalue weighted by Gasteiger charge is 2.19. The number of carbonyl (C=O) groups excluding carboxylic acids is 1. The molecule has 4 aromatic rings. The molecule has 9 nitrogen and oxygen atoms in total. The average Bonchev–Trinajstić information content (AvgIpc) is 3.14. The summed E-state index contributed by atoms with van der Waals surface area (Å²) in [6.45, 7) is 4.22. The minimum absolute atomic E-state index is 0.110. The Labute approximate surface area is 196 Å². The minimum Gasteiger partial charge on any atom is -0.379 e. The van der Waals surface area contributed by atoms with Gasteiger partial charge in [0.15, 0.2) is 5.65 Å². The van der Waals surface area contributed by atoms with E-state index < -0.39 is 10.1 Å². The number of nitrogens with zero attached hydrogens (tertiary/aromatic N) is 3. The maximum Gasteiger partial charge on any atom is 0.350 e. The highest BCUT2D eigenvalue weighted by Crippen LogP contribution is 2.22. The molecule has 10 heteroatoms. The van der Waals surface area contributed by atoms with E-state index in [9.17, 15) is 18.0 Å². The summed E-state index contributed by atoms with van der Waals surface area (Å²) in [7, 11) is -3.99. The Morgan fingerprint density at radius 1 is 1.06 bits per heavy atom. The van der Waals surface area contributed by atoms with Gasteiger partial charge in [-0.1, -0.05) is 18.2 Å². The zero-order valence-corrected chi connectivity index (χ0v) is 19.6. The van der Waals surface area contributed by atoms with Gasteiger partial charge in [0, 0.05) is 24.8 Å². The van der Waals surface area contributed by atoms with Crippen molar-refractivity contribution in [3.05, 3.63) is 94.0 Å². The van der Waals surface area contributed by atoms with Crippen LogP contribution >= 0.6 is 0 Å². The van der Waals surface area contributed by atoms with Gasteiger partial charge >= 0.3 is 15.8 Å². The van der Waals surface area contributed by atoms with Crippen LogP contribution in [0.1, 0.15) is 27.9 Å². The molecule has 4 rings (SSSR count). The lowest BCUT2D eigenvalue weighted by molar-refractivity contribution is 0.0952. The lowest BCUT2D eigenvalue weighted by Gasteiger charge is -2.11. The fraction of sp³-hybridized carbons (Fsp3) is 0.208. The zero-order chi connectivity index (χ0) is 24.3. The molecule has 0 fully saturated rings. The summed E-state index contributed by atoms with van der Waals surface area (Å²) in [5.74, 6) is -0.199.